The third kappa shape index (κ3) is 62.8. The SMILES string of the molecule is CCCCCCCCCCCCCCCCCCCCCCC(=O)O[C@H](COC(=O)CCCCCCCCCCCC(C)C)COP(=O)(O)OC[C@@H](O)COP(=O)(O)OC[C@@H](COC(=O)CCCCCCCCC)OC(=O)CCCCCCCCC(C)C. The smallest absolute Gasteiger partial charge is 0.462 e. The van der Waals surface area contributed by atoms with Gasteiger partial charge in [0.15, 0.2) is 12.2 Å². The van der Waals surface area contributed by atoms with Gasteiger partial charge in [-0.25, -0.2) is 9.13 Å². The molecular formula is C69H134O17P2. The van der Waals surface area contributed by atoms with E-state index in [0.717, 1.165) is 109 Å². The summed E-state index contributed by atoms with van der Waals surface area (Å²) >= 11 is 0. The van der Waals surface area contributed by atoms with Crippen LogP contribution in [0.2, 0.25) is 0 Å². The molecule has 0 aliphatic carbocycles. The molecule has 0 rings (SSSR count). The van der Waals surface area contributed by atoms with Gasteiger partial charge in [0, 0.05) is 25.7 Å². The number of carbonyl (C=O) groups is 4. The number of hydrogen-bond acceptors (Lipinski definition) is 15. The van der Waals surface area contributed by atoms with Gasteiger partial charge in [-0.05, 0) is 37.5 Å². The fourth-order valence-electron chi connectivity index (χ4n) is 10.4. The van der Waals surface area contributed by atoms with Gasteiger partial charge < -0.3 is 33.8 Å². The van der Waals surface area contributed by atoms with Gasteiger partial charge in [0.25, 0.3) is 0 Å². The third-order valence-corrected chi connectivity index (χ3v) is 17.9. The van der Waals surface area contributed by atoms with E-state index in [1.54, 1.807) is 0 Å². The highest BCUT2D eigenvalue weighted by molar-refractivity contribution is 7.47. The van der Waals surface area contributed by atoms with Crippen molar-refractivity contribution >= 4 is 39.5 Å². The summed E-state index contributed by atoms with van der Waals surface area (Å²) in [5.74, 6) is -0.723. The predicted molar refractivity (Wildman–Crippen MR) is 354 cm³/mol. The molecule has 0 saturated heterocycles. The van der Waals surface area contributed by atoms with Crippen LogP contribution in [-0.4, -0.2) is 96.7 Å². The second kappa shape index (κ2) is 61.3. The molecule has 0 fully saturated rings. The monoisotopic (exact) mass is 1300 g/mol. The first-order valence-corrected chi connectivity index (χ1v) is 39.0. The van der Waals surface area contributed by atoms with E-state index < -0.39 is 97.5 Å². The Bertz CT molecular complexity index is 1720. The van der Waals surface area contributed by atoms with Gasteiger partial charge in [-0.3, -0.25) is 37.3 Å². The molecule has 0 aromatic rings. The van der Waals surface area contributed by atoms with Gasteiger partial charge in [-0.15, -0.1) is 0 Å². The van der Waals surface area contributed by atoms with Crippen LogP contribution in [0.25, 0.3) is 0 Å². The van der Waals surface area contributed by atoms with Crippen LogP contribution in [0.5, 0.6) is 0 Å². The van der Waals surface area contributed by atoms with Crippen molar-refractivity contribution in [3.8, 4) is 0 Å². The van der Waals surface area contributed by atoms with Gasteiger partial charge in [0.05, 0.1) is 26.4 Å². The highest BCUT2D eigenvalue weighted by atomic mass is 31.2. The van der Waals surface area contributed by atoms with Crippen LogP contribution in [0.3, 0.4) is 0 Å². The maximum Gasteiger partial charge on any atom is 0.472 e. The molecule has 3 N–H and O–H groups in total. The largest absolute Gasteiger partial charge is 0.472 e. The van der Waals surface area contributed by atoms with E-state index >= 15 is 0 Å². The molecule has 0 aliphatic rings. The minimum Gasteiger partial charge on any atom is -0.462 e. The molecule has 0 saturated carbocycles. The first kappa shape index (κ1) is 86.1. The zero-order valence-corrected chi connectivity index (χ0v) is 58.8. The van der Waals surface area contributed by atoms with E-state index in [1.807, 2.05) is 0 Å². The summed E-state index contributed by atoms with van der Waals surface area (Å²) in [6.45, 7) is 9.38. The fourth-order valence-corrected chi connectivity index (χ4v) is 12.0. The summed E-state index contributed by atoms with van der Waals surface area (Å²) in [6.07, 6.45) is 46.3. The van der Waals surface area contributed by atoms with Gasteiger partial charge in [-0.2, -0.15) is 0 Å². The van der Waals surface area contributed by atoms with Crippen molar-refractivity contribution in [1.29, 1.82) is 0 Å². The molecule has 88 heavy (non-hydrogen) atoms. The molecule has 0 spiro atoms. The average Bonchev–Trinajstić information content (AvgIpc) is 3.69. The number of phosphoric ester groups is 2. The number of aliphatic hydroxyl groups excluding tert-OH is 1. The van der Waals surface area contributed by atoms with Crippen LogP contribution in [0, 0.1) is 11.8 Å². The number of esters is 4. The second-order valence-corrected chi connectivity index (χ2v) is 28.8. The summed E-state index contributed by atoms with van der Waals surface area (Å²) in [5.41, 5.74) is 0. The zero-order chi connectivity index (χ0) is 65.0. The zero-order valence-electron chi connectivity index (χ0n) is 57.0. The average molecular weight is 1300 g/mol. The van der Waals surface area contributed by atoms with Crippen molar-refractivity contribution in [1.82, 2.24) is 0 Å². The van der Waals surface area contributed by atoms with Crippen molar-refractivity contribution in [2.45, 2.75) is 368 Å². The van der Waals surface area contributed by atoms with Crippen LogP contribution in [0.4, 0.5) is 0 Å². The normalized spacial score (nSPS) is 14.2. The van der Waals surface area contributed by atoms with Crippen LogP contribution in [0.1, 0.15) is 350 Å². The molecule has 522 valence electrons. The molecule has 0 aromatic heterocycles. The van der Waals surface area contributed by atoms with E-state index in [9.17, 15) is 43.2 Å². The van der Waals surface area contributed by atoms with Gasteiger partial charge in [0.1, 0.15) is 19.3 Å². The molecule has 2 unspecified atom stereocenters. The maximum atomic E-state index is 13.0. The molecule has 17 nitrogen and oxygen atoms in total. The van der Waals surface area contributed by atoms with Gasteiger partial charge in [-0.1, -0.05) is 298 Å². The highest BCUT2D eigenvalue weighted by Crippen LogP contribution is 2.45. The maximum absolute atomic E-state index is 13.0. The van der Waals surface area contributed by atoms with Crippen molar-refractivity contribution in [3.05, 3.63) is 0 Å². The van der Waals surface area contributed by atoms with E-state index in [-0.39, 0.29) is 25.7 Å². The summed E-state index contributed by atoms with van der Waals surface area (Å²) in [6, 6.07) is 0. The number of carbonyl (C=O) groups excluding carboxylic acids is 4. The van der Waals surface area contributed by atoms with E-state index in [2.05, 4.69) is 41.5 Å². The van der Waals surface area contributed by atoms with Crippen LogP contribution >= 0.6 is 15.6 Å². The van der Waals surface area contributed by atoms with Crippen molar-refractivity contribution in [2.75, 3.05) is 39.6 Å². The number of unbranched alkanes of at least 4 members (excludes halogenated alkanes) is 38. The van der Waals surface area contributed by atoms with Crippen LogP contribution in [0.15, 0.2) is 0 Å². The van der Waals surface area contributed by atoms with Crippen molar-refractivity contribution in [2.24, 2.45) is 11.8 Å². The number of hydrogen-bond donors (Lipinski definition) is 3. The molecule has 0 radical (unpaired) electrons. The molecule has 0 heterocycles. The minimum atomic E-state index is -4.95. The first-order valence-electron chi connectivity index (χ1n) is 36.0. The molecule has 5 atom stereocenters. The summed E-state index contributed by atoms with van der Waals surface area (Å²) in [4.78, 5) is 72.3. The molecule has 0 bridgehead atoms. The minimum absolute atomic E-state index is 0.102. The molecule has 0 aliphatic heterocycles. The Morgan fingerprint density at radius 1 is 0.307 bits per heavy atom. The lowest BCUT2D eigenvalue weighted by molar-refractivity contribution is -0.161. The fraction of sp³-hybridized carbons (Fsp3) is 0.942. The van der Waals surface area contributed by atoms with Gasteiger partial charge in [0.2, 0.25) is 0 Å². The number of rotatable bonds is 68. The van der Waals surface area contributed by atoms with E-state index in [4.69, 9.17) is 37.0 Å². The highest BCUT2D eigenvalue weighted by Gasteiger charge is 2.30. The second-order valence-electron chi connectivity index (χ2n) is 25.9. The molecule has 0 aromatic carbocycles. The van der Waals surface area contributed by atoms with E-state index in [0.29, 0.717) is 31.6 Å². The number of phosphoric acid groups is 2. The summed E-state index contributed by atoms with van der Waals surface area (Å²) in [7, 11) is -9.89. The van der Waals surface area contributed by atoms with Crippen LogP contribution in [-0.2, 0) is 65.4 Å². The van der Waals surface area contributed by atoms with Crippen molar-refractivity contribution in [3.63, 3.8) is 0 Å². The molecule has 19 heteroatoms. The number of ether oxygens (including phenoxy) is 4. The lowest BCUT2D eigenvalue weighted by Crippen LogP contribution is -2.30. The van der Waals surface area contributed by atoms with Crippen LogP contribution < -0.4 is 0 Å². The van der Waals surface area contributed by atoms with Gasteiger partial charge >= 0.3 is 39.5 Å². The predicted octanol–water partition coefficient (Wildman–Crippen LogP) is 19.6. The quantitative estimate of drug-likeness (QED) is 0.0222. The Kier molecular flexibility index (Phi) is 59.9. The third-order valence-electron chi connectivity index (χ3n) is 16.0. The lowest BCUT2D eigenvalue weighted by Gasteiger charge is -2.21. The summed E-state index contributed by atoms with van der Waals surface area (Å²) < 4.78 is 68.1. The molecular weight excluding hydrogens is 1160 g/mol. The molecule has 0 amide bonds. The Hall–Kier alpha value is -1.94. The topological polar surface area (TPSA) is 237 Å². The Balaban J connectivity index is 5.15. The Morgan fingerprint density at radius 2 is 0.523 bits per heavy atom. The summed E-state index contributed by atoms with van der Waals surface area (Å²) in [5, 5.41) is 10.5. The van der Waals surface area contributed by atoms with E-state index in [1.165, 1.54) is 154 Å². The Labute approximate surface area is 537 Å². The first-order chi connectivity index (χ1) is 42.4. The Morgan fingerprint density at radius 3 is 0.773 bits per heavy atom. The number of aliphatic hydroxyl groups is 1. The van der Waals surface area contributed by atoms with Crippen molar-refractivity contribution < 1.29 is 80.2 Å². The lowest BCUT2D eigenvalue weighted by atomic mass is 10.0. The standard InChI is InChI=1S/C69H134O17P2/c1-7-9-11-13-15-16-17-18-19-20-21-22-23-24-25-26-29-34-41-47-53-68(73)85-64(58-80-67(72)52-46-40-33-30-27-28-32-37-43-49-61(3)4)59-83-87(75,76)81-55-63(70)56-82-88(77,78)84-60-65(57-79-66(71)51-45-39-31-14-12-10-8-2)86-69(74)54-48-42-36-35-38-44-50-62(5)6/h61-65,70H,7-60H2,1-6H3,(H,75,76)(H,77,78)/t63-,64-,65-/m1/s1.